The van der Waals surface area contributed by atoms with Crippen molar-refractivity contribution in [1.82, 2.24) is 15.3 Å². The topological polar surface area (TPSA) is 76.1 Å². The van der Waals surface area contributed by atoms with Gasteiger partial charge in [0.2, 0.25) is 5.95 Å². The average molecular weight is 376 g/mol. The number of nitrogens with one attached hydrogen (secondary N) is 2. The lowest BCUT2D eigenvalue weighted by Crippen LogP contribution is -2.41. The van der Waals surface area contributed by atoms with Crippen molar-refractivity contribution in [3.8, 4) is 11.5 Å². The molecule has 0 radical (unpaired) electrons. The highest BCUT2D eigenvalue weighted by atomic mass is 16.5. The second-order valence-corrected chi connectivity index (χ2v) is 7.49. The Bertz CT molecular complexity index is 949. The van der Waals surface area contributed by atoms with Crippen molar-refractivity contribution in [2.75, 3.05) is 5.32 Å². The van der Waals surface area contributed by atoms with Crippen LogP contribution in [0.2, 0.25) is 0 Å². The summed E-state index contributed by atoms with van der Waals surface area (Å²) in [5.41, 5.74) is 1.50. The second-order valence-electron chi connectivity index (χ2n) is 7.49. The molecular weight excluding hydrogens is 352 g/mol. The highest BCUT2D eigenvalue weighted by Crippen LogP contribution is 2.23. The van der Waals surface area contributed by atoms with E-state index in [9.17, 15) is 4.79 Å². The average Bonchev–Trinajstić information content (AvgIpc) is 2.62. The van der Waals surface area contributed by atoms with E-state index < -0.39 is 0 Å². The summed E-state index contributed by atoms with van der Waals surface area (Å²) >= 11 is 0. The van der Waals surface area contributed by atoms with Crippen LogP contribution in [-0.4, -0.2) is 21.4 Å². The Kier molecular flexibility index (Phi) is 5.59. The van der Waals surface area contributed by atoms with Crippen LogP contribution >= 0.6 is 0 Å². The summed E-state index contributed by atoms with van der Waals surface area (Å²) in [5, 5.41) is 6.05. The number of hydrogen-bond acceptors (Lipinski definition) is 5. The summed E-state index contributed by atoms with van der Waals surface area (Å²) in [7, 11) is 0. The van der Waals surface area contributed by atoms with Gasteiger partial charge in [-0.15, -0.1) is 0 Å². The maximum Gasteiger partial charge on any atom is 0.270 e. The van der Waals surface area contributed by atoms with Gasteiger partial charge in [0.15, 0.2) is 0 Å². The van der Waals surface area contributed by atoms with Crippen LogP contribution < -0.4 is 15.4 Å². The molecule has 3 rings (SSSR count). The Hall–Kier alpha value is -3.41. The van der Waals surface area contributed by atoms with Gasteiger partial charge in [-0.05, 0) is 70.2 Å². The van der Waals surface area contributed by atoms with Gasteiger partial charge >= 0.3 is 0 Å². The molecule has 1 aromatic heterocycles. The Balaban J connectivity index is 1.72. The van der Waals surface area contributed by atoms with E-state index in [2.05, 4.69) is 20.6 Å². The normalized spacial score (nSPS) is 11.0. The van der Waals surface area contributed by atoms with Crippen LogP contribution in [0.25, 0.3) is 0 Å². The van der Waals surface area contributed by atoms with E-state index in [1.165, 1.54) is 0 Å². The molecule has 0 unspecified atom stereocenters. The van der Waals surface area contributed by atoms with Gasteiger partial charge in [0.25, 0.3) is 5.91 Å². The number of rotatable bonds is 5. The van der Waals surface area contributed by atoms with E-state index in [1.807, 2.05) is 82.3 Å². The largest absolute Gasteiger partial charge is 0.457 e. The van der Waals surface area contributed by atoms with E-state index in [0.717, 1.165) is 17.2 Å². The second kappa shape index (κ2) is 8.08. The van der Waals surface area contributed by atoms with Crippen LogP contribution in [0.15, 0.2) is 60.7 Å². The molecule has 0 saturated carbocycles. The summed E-state index contributed by atoms with van der Waals surface area (Å²) < 4.78 is 5.79. The fraction of sp³-hybridized carbons (Fsp3) is 0.227. The highest BCUT2D eigenvalue weighted by molar-refractivity contribution is 5.93. The summed E-state index contributed by atoms with van der Waals surface area (Å²) in [5.74, 6) is 1.65. The van der Waals surface area contributed by atoms with Crippen molar-refractivity contribution in [3.63, 3.8) is 0 Å². The minimum atomic E-state index is -0.335. The van der Waals surface area contributed by atoms with Gasteiger partial charge in [0.1, 0.15) is 17.2 Å². The van der Waals surface area contributed by atoms with Gasteiger partial charge in [-0.3, -0.25) is 4.79 Å². The van der Waals surface area contributed by atoms with Crippen molar-refractivity contribution in [3.05, 3.63) is 72.1 Å². The standard InChI is InChI=1S/C22H24N4O2/c1-15-14-19(20(27)26-22(2,3)4)25-21(23-15)24-16-10-12-18(13-11-16)28-17-8-6-5-7-9-17/h5-14H,1-4H3,(H,26,27)(H,23,24,25). The maximum atomic E-state index is 12.4. The molecular formula is C22H24N4O2. The van der Waals surface area contributed by atoms with Gasteiger partial charge in [-0.1, -0.05) is 18.2 Å². The molecule has 0 saturated heterocycles. The summed E-state index contributed by atoms with van der Waals surface area (Å²) in [4.78, 5) is 21.1. The molecule has 0 fully saturated rings. The van der Waals surface area contributed by atoms with Gasteiger partial charge in [-0.2, -0.15) is 0 Å². The number of anilines is 2. The quantitative estimate of drug-likeness (QED) is 0.666. The number of carbonyl (C=O) groups excluding carboxylic acids is 1. The molecule has 0 aliphatic rings. The van der Waals surface area contributed by atoms with E-state index in [0.29, 0.717) is 17.3 Å². The minimum Gasteiger partial charge on any atom is -0.457 e. The van der Waals surface area contributed by atoms with Crippen LogP contribution in [0.3, 0.4) is 0 Å². The lowest BCUT2D eigenvalue weighted by molar-refractivity contribution is 0.0914. The van der Waals surface area contributed by atoms with Gasteiger partial charge in [0, 0.05) is 16.9 Å². The van der Waals surface area contributed by atoms with Gasteiger partial charge in [0.05, 0.1) is 0 Å². The smallest absolute Gasteiger partial charge is 0.270 e. The maximum absolute atomic E-state index is 12.4. The van der Waals surface area contributed by atoms with E-state index in [-0.39, 0.29) is 11.4 Å². The fourth-order valence-corrected chi connectivity index (χ4v) is 2.51. The van der Waals surface area contributed by atoms with Crippen molar-refractivity contribution >= 4 is 17.5 Å². The third-order valence-electron chi connectivity index (χ3n) is 3.66. The molecule has 3 aromatic rings. The number of ether oxygens (including phenoxy) is 1. The lowest BCUT2D eigenvalue weighted by Gasteiger charge is -2.20. The molecule has 0 aliphatic carbocycles. The Morgan fingerprint density at radius 1 is 0.929 bits per heavy atom. The van der Waals surface area contributed by atoms with E-state index in [1.54, 1.807) is 6.07 Å². The predicted octanol–water partition coefficient (Wildman–Crippen LogP) is 4.85. The number of nitrogens with zero attached hydrogens (tertiary/aromatic N) is 2. The predicted molar refractivity (Wildman–Crippen MR) is 110 cm³/mol. The molecule has 6 heteroatoms. The van der Waals surface area contributed by atoms with Crippen molar-refractivity contribution in [2.24, 2.45) is 0 Å². The number of amides is 1. The summed E-state index contributed by atoms with van der Waals surface area (Å²) in [6, 6.07) is 18.7. The number of hydrogen-bond donors (Lipinski definition) is 2. The first-order valence-corrected chi connectivity index (χ1v) is 9.07. The van der Waals surface area contributed by atoms with Crippen molar-refractivity contribution in [2.45, 2.75) is 33.2 Å². The van der Waals surface area contributed by atoms with Gasteiger partial charge < -0.3 is 15.4 Å². The Labute approximate surface area is 165 Å². The third kappa shape index (κ3) is 5.54. The van der Waals surface area contributed by atoms with Crippen LogP contribution in [0.1, 0.15) is 37.0 Å². The van der Waals surface area contributed by atoms with Crippen molar-refractivity contribution in [1.29, 1.82) is 0 Å². The zero-order valence-corrected chi connectivity index (χ0v) is 16.5. The molecule has 2 aromatic carbocycles. The summed E-state index contributed by atoms with van der Waals surface area (Å²) in [6.45, 7) is 7.61. The number of aromatic nitrogens is 2. The first-order chi connectivity index (χ1) is 13.3. The minimum absolute atomic E-state index is 0.229. The molecule has 0 atom stereocenters. The summed E-state index contributed by atoms with van der Waals surface area (Å²) in [6.07, 6.45) is 0. The molecule has 144 valence electrons. The number of benzene rings is 2. The molecule has 0 bridgehead atoms. The van der Waals surface area contributed by atoms with Crippen molar-refractivity contribution < 1.29 is 9.53 Å². The lowest BCUT2D eigenvalue weighted by atomic mass is 10.1. The third-order valence-corrected chi connectivity index (χ3v) is 3.66. The Morgan fingerprint density at radius 2 is 1.57 bits per heavy atom. The van der Waals surface area contributed by atoms with E-state index in [4.69, 9.17) is 4.74 Å². The molecule has 0 spiro atoms. The molecule has 0 aliphatic heterocycles. The molecule has 1 amide bonds. The number of aryl methyl sites for hydroxylation is 1. The molecule has 6 nitrogen and oxygen atoms in total. The Morgan fingerprint density at radius 3 is 2.21 bits per heavy atom. The molecule has 2 N–H and O–H groups in total. The zero-order chi connectivity index (χ0) is 20.1. The molecule has 1 heterocycles. The van der Waals surface area contributed by atoms with E-state index >= 15 is 0 Å². The monoisotopic (exact) mass is 376 g/mol. The van der Waals surface area contributed by atoms with Gasteiger partial charge in [-0.25, -0.2) is 9.97 Å². The van der Waals surface area contributed by atoms with Crippen LogP contribution in [0, 0.1) is 6.92 Å². The molecule has 28 heavy (non-hydrogen) atoms. The zero-order valence-electron chi connectivity index (χ0n) is 16.5. The fourth-order valence-electron chi connectivity index (χ4n) is 2.51. The van der Waals surface area contributed by atoms with Crippen LogP contribution in [0.5, 0.6) is 11.5 Å². The first-order valence-electron chi connectivity index (χ1n) is 9.07. The first kappa shape index (κ1) is 19.4. The SMILES string of the molecule is Cc1cc(C(=O)NC(C)(C)C)nc(Nc2ccc(Oc3ccccc3)cc2)n1. The number of carbonyl (C=O) groups is 1. The highest BCUT2D eigenvalue weighted by Gasteiger charge is 2.17. The van der Waals surface area contributed by atoms with Crippen LogP contribution in [-0.2, 0) is 0 Å². The number of para-hydroxylation sites is 1. The van der Waals surface area contributed by atoms with Crippen LogP contribution in [0.4, 0.5) is 11.6 Å².